The molecule has 3 heterocycles. The van der Waals surface area contributed by atoms with Crippen LogP contribution in [0, 0.1) is 19.3 Å². The van der Waals surface area contributed by atoms with Crippen molar-refractivity contribution in [1.82, 2.24) is 19.0 Å². The number of piperidine rings is 2. The van der Waals surface area contributed by atoms with Gasteiger partial charge in [-0.25, -0.2) is 8.42 Å². The predicted molar refractivity (Wildman–Crippen MR) is 101 cm³/mol. The van der Waals surface area contributed by atoms with Crippen molar-refractivity contribution in [3.8, 4) is 0 Å². The molecule has 1 aromatic heterocycles. The van der Waals surface area contributed by atoms with Crippen molar-refractivity contribution in [2.75, 3.05) is 33.3 Å². The number of aliphatic hydroxyl groups excluding tert-OH is 1. The fourth-order valence-corrected chi connectivity index (χ4v) is 6.67. The van der Waals surface area contributed by atoms with Gasteiger partial charge in [0.15, 0.2) is 0 Å². The van der Waals surface area contributed by atoms with Gasteiger partial charge < -0.3 is 10.0 Å². The lowest BCUT2D eigenvalue weighted by molar-refractivity contribution is -0.0508. The second-order valence-electron chi connectivity index (χ2n) is 8.27. The molecular weight excluding hydrogens is 352 g/mol. The van der Waals surface area contributed by atoms with Crippen molar-refractivity contribution in [2.45, 2.75) is 63.9 Å². The van der Waals surface area contributed by atoms with Gasteiger partial charge >= 0.3 is 0 Å². The molecule has 0 aliphatic carbocycles. The van der Waals surface area contributed by atoms with Crippen LogP contribution in [0.25, 0.3) is 0 Å². The van der Waals surface area contributed by atoms with Crippen LogP contribution in [-0.4, -0.2) is 71.8 Å². The van der Waals surface area contributed by atoms with Crippen LogP contribution in [0.3, 0.4) is 0 Å². The molecule has 0 amide bonds. The monoisotopic (exact) mass is 384 g/mol. The first-order valence-electron chi connectivity index (χ1n) is 9.51. The van der Waals surface area contributed by atoms with Crippen molar-refractivity contribution >= 4 is 10.0 Å². The van der Waals surface area contributed by atoms with Crippen LogP contribution >= 0.6 is 0 Å². The predicted octanol–water partition coefficient (Wildman–Crippen LogP) is 1.55. The van der Waals surface area contributed by atoms with Crippen molar-refractivity contribution in [1.29, 1.82) is 0 Å². The van der Waals surface area contributed by atoms with Gasteiger partial charge in [-0.05, 0) is 60.5 Å². The van der Waals surface area contributed by atoms with Crippen LogP contribution in [-0.2, 0) is 10.0 Å². The van der Waals surface area contributed by atoms with Gasteiger partial charge in [-0.2, -0.15) is 9.40 Å². The van der Waals surface area contributed by atoms with Crippen LogP contribution in [0.1, 0.15) is 50.5 Å². The molecule has 0 spiro atoms. The SMILES string of the molecule is Cc1nn(C(C)C)c(C)c1S(=O)(=O)N1CC[C@@]2(CO)CCCN(C)[C@@H]2C1. The first-order valence-corrected chi connectivity index (χ1v) is 10.9. The van der Waals surface area contributed by atoms with Gasteiger partial charge in [0.1, 0.15) is 4.90 Å². The van der Waals surface area contributed by atoms with Gasteiger partial charge in [0, 0.05) is 30.6 Å². The van der Waals surface area contributed by atoms with E-state index in [1.54, 1.807) is 15.9 Å². The fourth-order valence-electron chi connectivity index (χ4n) is 4.86. The van der Waals surface area contributed by atoms with E-state index in [9.17, 15) is 13.5 Å². The Morgan fingerprint density at radius 3 is 2.54 bits per heavy atom. The van der Waals surface area contributed by atoms with E-state index in [1.807, 2.05) is 27.8 Å². The number of nitrogens with zero attached hydrogens (tertiary/aromatic N) is 4. The van der Waals surface area contributed by atoms with Crippen LogP contribution in [0.2, 0.25) is 0 Å². The zero-order valence-corrected chi connectivity index (χ0v) is 17.4. The van der Waals surface area contributed by atoms with E-state index in [4.69, 9.17) is 0 Å². The number of hydrogen-bond acceptors (Lipinski definition) is 5. The Bertz CT molecular complexity index is 774. The summed E-state index contributed by atoms with van der Waals surface area (Å²) in [6.45, 7) is 9.58. The molecule has 2 fully saturated rings. The van der Waals surface area contributed by atoms with Crippen LogP contribution < -0.4 is 0 Å². The standard InChI is InChI=1S/C18H32N4O3S/c1-13(2)22-15(4)17(14(3)19-22)26(24,25)21-10-8-18(12-23)7-6-9-20(5)16(18)11-21/h13,16,23H,6-12H2,1-5H3/t16-,18-/m1/s1. The molecule has 2 aliphatic heterocycles. The fraction of sp³-hybridized carbons (Fsp3) is 0.833. The van der Waals surface area contributed by atoms with Gasteiger partial charge in [-0.1, -0.05) is 0 Å². The van der Waals surface area contributed by atoms with Gasteiger partial charge in [0.2, 0.25) is 10.0 Å². The van der Waals surface area contributed by atoms with E-state index in [0.29, 0.717) is 35.8 Å². The number of aliphatic hydroxyl groups is 1. The molecule has 2 atom stereocenters. The van der Waals surface area contributed by atoms with Gasteiger partial charge in [0.05, 0.1) is 18.0 Å². The van der Waals surface area contributed by atoms with Crippen molar-refractivity contribution in [3.63, 3.8) is 0 Å². The summed E-state index contributed by atoms with van der Waals surface area (Å²) in [5.74, 6) is 0. The third-order valence-electron chi connectivity index (χ3n) is 6.32. The third kappa shape index (κ3) is 3.00. The molecule has 26 heavy (non-hydrogen) atoms. The van der Waals surface area contributed by atoms with E-state index in [0.717, 1.165) is 19.4 Å². The lowest BCUT2D eigenvalue weighted by Gasteiger charge is -2.53. The molecule has 0 unspecified atom stereocenters. The zero-order chi connectivity index (χ0) is 19.3. The number of hydrogen-bond donors (Lipinski definition) is 1. The van der Waals surface area contributed by atoms with E-state index in [-0.39, 0.29) is 24.1 Å². The van der Waals surface area contributed by atoms with E-state index >= 15 is 0 Å². The summed E-state index contributed by atoms with van der Waals surface area (Å²) in [5.41, 5.74) is 1.09. The highest BCUT2D eigenvalue weighted by Gasteiger charge is 2.49. The quantitative estimate of drug-likeness (QED) is 0.852. The summed E-state index contributed by atoms with van der Waals surface area (Å²) in [6, 6.07) is 0.177. The molecule has 148 valence electrons. The van der Waals surface area contributed by atoms with Crippen LogP contribution in [0.15, 0.2) is 4.90 Å². The highest BCUT2D eigenvalue weighted by Crippen LogP contribution is 2.43. The Morgan fingerprint density at radius 1 is 1.27 bits per heavy atom. The van der Waals surface area contributed by atoms with Crippen LogP contribution in [0.5, 0.6) is 0 Å². The minimum Gasteiger partial charge on any atom is -0.396 e. The topological polar surface area (TPSA) is 78.7 Å². The molecule has 0 bridgehead atoms. The second-order valence-corrected chi connectivity index (χ2v) is 10.1. The highest BCUT2D eigenvalue weighted by atomic mass is 32.2. The lowest BCUT2D eigenvalue weighted by atomic mass is 9.69. The number of likely N-dealkylation sites (N-methyl/N-ethyl adjacent to an activating group) is 1. The van der Waals surface area contributed by atoms with E-state index < -0.39 is 10.0 Å². The molecule has 2 aliphatic rings. The van der Waals surface area contributed by atoms with Crippen molar-refractivity contribution in [2.24, 2.45) is 5.41 Å². The Balaban J connectivity index is 1.95. The van der Waals surface area contributed by atoms with E-state index in [1.165, 1.54) is 0 Å². The Morgan fingerprint density at radius 2 is 1.96 bits per heavy atom. The average molecular weight is 385 g/mol. The molecule has 1 aromatic rings. The first kappa shape index (κ1) is 19.8. The number of sulfonamides is 1. The molecule has 0 radical (unpaired) electrons. The molecule has 0 aromatic carbocycles. The molecule has 8 heteroatoms. The molecule has 2 saturated heterocycles. The summed E-state index contributed by atoms with van der Waals surface area (Å²) in [6.07, 6.45) is 2.73. The zero-order valence-electron chi connectivity index (χ0n) is 16.6. The Labute approximate surface area is 157 Å². The summed E-state index contributed by atoms with van der Waals surface area (Å²) in [4.78, 5) is 2.57. The van der Waals surface area contributed by atoms with Gasteiger partial charge in [-0.15, -0.1) is 0 Å². The number of likely N-dealkylation sites (tertiary alicyclic amines) is 1. The number of aryl methyl sites for hydroxylation is 1. The minimum atomic E-state index is -3.60. The maximum atomic E-state index is 13.4. The molecule has 0 saturated carbocycles. The molecule has 1 N–H and O–H groups in total. The maximum Gasteiger partial charge on any atom is 0.246 e. The summed E-state index contributed by atoms with van der Waals surface area (Å²) >= 11 is 0. The van der Waals surface area contributed by atoms with Crippen LogP contribution in [0.4, 0.5) is 0 Å². The maximum absolute atomic E-state index is 13.4. The summed E-state index contributed by atoms with van der Waals surface area (Å²) in [5, 5.41) is 14.5. The smallest absolute Gasteiger partial charge is 0.246 e. The largest absolute Gasteiger partial charge is 0.396 e. The number of fused-ring (bicyclic) bond motifs is 1. The lowest BCUT2D eigenvalue weighted by Crippen LogP contribution is -2.62. The first-order chi connectivity index (χ1) is 12.1. The molecule has 7 nitrogen and oxygen atoms in total. The Hall–Kier alpha value is -0.960. The van der Waals surface area contributed by atoms with Crippen molar-refractivity contribution in [3.05, 3.63) is 11.4 Å². The highest BCUT2D eigenvalue weighted by molar-refractivity contribution is 7.89. The average Bonchev–Trinajstić information content (AvgIpc) is 2.90. The number of rotatable bonds is 4. The summed E-state index contributed by atoms with van der Waals surface area (Å²) < 4.78 is 30.3. The minimum absolute atomic E-state index is 0.0607. The molecular formula is C18H32N4O3S. The van der Waals surface area contributed by atoms with Gasteiger partial charge in [-0.3, -0.25) is 4.68 Å². The number of aromatic nitrogens is 2. The second kappa shape index (κ2) is 6.89. The summed E-state index contributed by atoms with van der Waals surface area (Å²) in [7, 11) is -1.56. The normalized spacial score (nSPS) is 28.5. The van der Waals surface area contributed by atoms with Gasteiger partial charge in [0.25, 0.3) is 0 Å². The van der Waals surface area contributed by atoms with Crippen molar-refractivity contribution < 1.29 is 13.5 Å². The third-order valence-corrected chi connectivity index (χ3v) is 8.44. The molecule has 3 rings (SSSR count). The van der Waals surface area contributed by atoms with E-state index in [2.05, 4.69) is 10.00 Å². The Kier molecular flexibility index (Phi) is 5.24.